The fourth-order valence-electron chi connectivity index (χ4n) is 1.84. The zero-order valence-electron chi connectivity index (χ0n) is 9.24. The van der Waals surface area contributed by atoms with E-state index in [1.165, 1.54) is 0 Å². The van der Waals surface area contributed by atoms with Gasteiger partial charge in [-0.2, -0.15) is 0 Å². The Morgan fingerprint density at radius 2 is 1.69 bits per heavy atom. The fraction of sp³-hybridized carbons (Fsp3) is 0.900. The molecular weight excluding hydrogens is 228 g/mol. The van der Waals surface area contributed by atoms with E-state index in [0.717, 1.165) is 12.8 Å². The lowest BCUT2D eigenvalue weighted by Crippen LogP contribution is -2.43. The molecule has 16 heavy (non-hydrogen) atoms. The van der Waals surface area contributed by atoms with E-state index in [2.05, 4.69) is 10.6 Å². The molecule has 0 bridgehead atoms. The van der Waals surface area contributed by atoms with Gasteiger partial charge in [0.1, 0.15) is 9.84 Å². The molecule has 1 amide bonds. The zero-order chi connectivity index (χ0) is 11.6. The number of carbonyl (C=O) groups excluding carboxylic acids is 1. The summed E-state index contributed by atoms with van der Waals surface area (Å²) in [7, 11) is -2.80. The molecule has 0 atom stereocenters. The van der Waals surface area contributed by atoms with E-state index in [1.54, 1.807) is 0 Å². The van der Waals surface area contributed by atoms with E-state index in [0.29, 0.717) is 25.4 Å². The molecule has 0 aromatic heterocycles. The van der Waals surface area contributed by atoms with Gasteiger partial charge in [-0.3, -0.25) is 4.79 Å². The van der Waals surface area contributed by atoms with Crippen molar-refractivity contribution in [3.63, 3.8) is 0 Å². The number of carbonyl (C=O) groups is 1. The van der Waals surface area contributed by atoms with Gasteiger partial charge < -0.3 is 10.6 Å². The van der Waals surface area contributed by atoms with Gasteiger partial charge in [-0.15, -0.1) is 0 Å². The molecule has 0 spiro atoms. The third-order valence-corrected chi connectivity index (χ3v) is 4.76. The molecular formula is C10H18N2O3S. The predicted octanol–water partition coefficient (Wildman–Crippen LogP) is -0.568. The van der Waals surface area contributed by atoms with Gasteiger partial charge in [0.05, 0.1) is 18.1 Å². The predicted molar refractivity (Wildman–Crippen MR) is 60.8 cm³/mol. The van der Waals surface area contributed by atoms with Gasteiger partial charge in [0.2, 0.25) is 5.91 Å². The highest BCUT2D eigenvalue weighted by molar-refractivity contribution is 7.91. The molecule has 0 radical (unpaired) electrons. The van der Waals surface area contributed by atoms with Crippen LogP contribution < -0.4 is 10.6 Å². The first-order valence-corrected chi connectivity index (χ1v) is 7.60. The lowest BCUT2D eigenvalue weighted by molar-refractivity contribution is -0.120. The Morgan fingerprint density at radius 1 is 1.06 bits per heavy atom. The molecule has 1 aliphatic carbocycles. The molecule has 6 heteroatoms. The SMILES string of the molecule is O=C(CNC1CCS(=O)(=O)CC1)NC1CC1. The summed E-state index contributed by atoms with van der Waals surface area (Å²) < 4.78 is 22.4. The van der Waals surface area contributed by atoms with Gasteiger partial charge in [0.25, 0.3) is 0 Å². The largest absolute Gasteiger partial charge is 0.352 e. The van der Waals surface area contributed by atoms with Crippen LogP contribution >= 0.6 is 0 Å². The quantitative estimate of drug-likeness (QED) is 0.697. The minimum atomic E-state index is -2.80. The smallest absolute Gasteiger partial charge is 0.234 e. The fourth-order valence-corrected chi connectivity index (χ4v) is 3.33. The lowest BCUT2D eigenvalue weighted by atomic mass is 10.1. The summed E-state index contributed by atoms with van der Waals surface area (Å²) in [6.45, 7) is 0.307. The lowest BCUT2D eigenvalue weighted by Gasteiger charge is -2.22. The van der Waals surface area contributed by atoms with E-state index >= 15 is 0 Å². The highest BCUT2D eigenvalue weighted by Gasteiger charge is 2.25. The third-order valence-electron chi connectivity index (χ3n) is 3.05. The molecule has 2 rings (SSSR count). The summed E-state index contributed by atoms with van der Waals surface area (Å²) in [5.74, 6) is 0.514. The monoisotopic (exact) mass is 246 g/mol. The second kappa shape index (κ2) is 4.71. The van der Waals surface area contributed by atoms with Crippen LogP contribution in [0.15, 0.2) is 0 Å². The van der Waals surface area contributed by atoms with Crippen LogP contribution in [0.5, 0.6) is 0 Å². The first-order chi connectivity index (χ1) is 7.55. The number of amides is 1. The van der Waals surface area contributed by atoms with Crippen LogP contribution in [0.3, 0.4) is 0 Å². The van der Waals surface area contributed by atoms with Crippen molar-refractivity contribution in [2.45, 2.75) is 37.8 Å². The summed E-state index contributed by atoms with van der Waals surface area (Å²) in [5, 5.41) is 6.01. The van der Waals surface area contributed by atoms with E-state index < -0.39 is 9.84 Å². The molecule has 0 unspecified atom stereocenters. The van der Waals surface area contributed by atoms with Crippen LogP contribution in [-0.2, 0) is 14.6 Å². The van der Waals surface area contributed by atoms with E-state index in [4.69, 9.17) is 0 Å². The van der Waals surface area contributed by atoms with Gasteiger partial charge in [-0.05, 0) is 25.7 Å². The second-order valence-corrected chi connectivity index (χ2v) is 6.95. The normalized spacial score (nSPS) is 25.2. The Hall–Kier alpha value is -0.620. The molecule has 5 nitrogen and oxygen atoms in total. The summed E-state index contributed by atoms with van der Waals surface area (Å²) in [5.41, 5.74) is 0. The van der Waals surface area contributed by atoms with E-state index in [9.17, 15) is 13.2 Å². The molecule has 92 valence electrons. The minimum absolute atomic E-state index is 0.0240. The van der Waals surface area contributed by atoms with Crippen LogP contribution in [0.1, 0.15) is 25.7 Å². The zero-order valence-corrected chi connectivity index (χ0v) is 10.1. The molecule has 1 saturated heterocycles. The van der Waals surface area contributed by atoms with Gasteiger partial charge in [0.15, 0.2) is 0 Å². The molecule has 2 N–H and O–H groups in total. The maximum absolute atomic E-state index is 11.4. The van der Waals surface area contributed by atoms with Crippen LogP contribution in [0, 0.1) is 0 Å². The Labute approximate surface area is 95.9 Å². The summed E-state index contributed by atoms with van der Waals surface area (Å²) in [6.07, 6.45) is 3.43. The maximum atomic E-state index is 11.4. The average Bonchev–Trinajstić information content (AvgIpc) is 3.00. The maximum Gasteiger partial charge on any atom is 0.234 e. The van der Waals surface area contributed by atoms with E-state index in [-0.39, 0.29) is 23.5 Å². The molecule has 1 aliphatic heterocycles. The van der Waals surface area contributed by atoms with Gasteiger partial charge in [-0.1, -0.05) is 0 Å². The summed E-state index contributed by atoms with van der Waals surface area (Å²) in [6, 6.07) is 0.564. The number of rotatable bonds is 4. The van der Waals surface area contributed by atoms with Crippen molar-refractivity contribution in [2.75, 3.05) is 18.1 Å². The summed E-state index contributed by atoms with van der Waals surface area (Å²) in [4.78, 5) is 11.4. The van der Waals surface area contributed by atoms with Crippen molar-refractivity contribution >= 4 is 15.7 Å². The van der Waals surface area contributed by atoms with Gasteiger partial charge in [0, 0.05) is 12.1 Å². The number of nitrogens with one attached hydrogen (secondary N) is 2. The average molecular weight is 246 g/mol. The first-order valence-electron chi connectivity index (χ1n) is 5.78. The third kappa shape index (κ3) is 3.75. The highest BCUT2D eigenvalue weighted by Crippen LogP contribution is 2.18. The number of hydrogen-bond donors (Lipinski definition) is 2. The highest BCUT2D eigenvalue weighted by atomic mass is 32.2. The minimum Gasteiger partial charge on any atom is -0.352 e. The van der Waals surface area contributed by atoms with E-state index in [1.807, 2.05) is 0 Å². The van der Waals surface area contributed by atoms with Crippen molar-refractivity contribution < 1.29 is 13.2 Å². The first kappa shape index (κ1) is 11.9. The molecule has 1 heterocycles. The topological polar surface area (TPSA) is 75.3 Å². The molecule has 1 saturated carbocycles. The Morgan fingerprint density at radius 3 is 2.25 bits per heavy atom. The van der Waals surface area contributed by atoms with Crippen LogP contribution in [-0.4, -0.2) is 44.5 Å². The van der Waals surface area contributed by atoms with Crippen LogP contribution in [0.2, 0.25) is 0 Å². The number of hydrogen-bond acceptors (Lipinski definition) is 4. The van der Waals surface area contributed by atoms with Crippen molar-refractivity contribution in [1.82, 2.24) is 10.6 Å². The Balaban J connectivity index is 1.64. The van der Waals surface area contributed by atoms with Crippen molar-refractivity contribution in [1.29, 1.82) is 0 Å². The van der Waals surface area contributed by atoms with Crippen LogP contribution in [0.25, 0.3) is 0 Å². The Kier molecular flexibility index (Phi) is 3.49. The second-order valence-electron chi connectivity index (χ2n) is 4.65. The van der Waals surface area contributed by atoms with Crippen molar-refractivity contribution in [2.24, 2.45) is 0 Å². The van der Waals surface area contributed by atoms with Crippen molar-refractivity contribution in [3.05, 3.63) is 0 Å². The molecule has 2 fully saturated rings. The van der Waals surface area contributed by atoms with Crippen LogP contribution in [0.4, 0.5) is 0 Å². The Bertz CT molecular complexity index is 348. The molecule has 0 aromatic rings. The van der Waals surface area contributed by atoms with Gasteiger partial charge in [-0.25, -0.2) is 8.42 Å². The van der Waals surface area contributed by atoms with Crippen molar-refractivity contribution in [3.8, 4) is 0 Å². The molecule has 0 aromatic carbocycles. The number of sulfone groups is 1. The standard InChI is InChI=1S/C10H18N2O3S/c13-10(12-9-1-2-9)7-11-8-3-5-16(14,15)6-4-8/h8-9,11H,1-7H2,(H,12,13). The van der Waals surface area contributed by atoms with Gasteiger partial charge >= 0.3 is 0 Å². The molecule has 2 aliphatic rings. The summed E-state index contributed by atoms with van der Waals surface area (Å²) >= 11 is 0.